The molecule has 0 radical (unpaired) electrons. The molecular weight excluding hydrogens is 447 g/mol. The molecule has 0 aliphatic heterocycles. The molecule has 0 spiro atoms. The minimum Gasteiger partial charge on any atom is -0.468 e. The van der Waals surface area contributed by atoms with Crippen molar-refractivity contribution < 1.29 is 26.8 Å². The lowest BCUT2D eigenvalue weighted by Gasteiger charge is -2.16. The van der Waals surface area contributed by atoms with Crippen LogP contribution >= 0.6 is 11.6 Å². The first-order valence-corrected chi connectivity index (χ1v) is 11.0. The summed E-state index contributed by atoms with van der Waals surface area (Å²) in [6.45, 7) is -0.320. The van der Waals surface area contributed by atoms with Crippen molar-refractivity contribution in [2.24, 2.45) is 0 Å². The van der Waals surface area contributed by atoms with Crippen LogP contribution in [-0.2, 0) is 26.0 Å². The van der Waals surface area contributed by atoms with Crippen LogP contribution in [-0.4, -0.2) is 26.8 Å². The van der Waals surface area contributed by atoms with Crippen molar-refractivity contribution in [2.75, 3.05) is 6.54 Å². The van der Waals surface area contributed by atoms with E-state index >= 15 is 0 Å². The molecule has 31 heavy (non-hydrogen) atoms. The number of benzene rings is 2. The summed E-state index contributed by atoms with van der Waals surface area (Å²) in [5, 5.41) is 4.00. The number of sulfone groups is 1. The van der Waals surface area contributed by atoms with Gasteiger partial charge in [-0.25, -0.2) is 12.8 Å². The van der Waals surface area contributed by atoms with Gasteiger partial charge in [0.2, 0.25) is 0 Å². The summed E-state index contributed by atoms with van der Waals surface area (Å²) in [7, 11) is -4.04. The number of carbonyl (C=O) groups is 2. The fraction of sp³-hybridized carbons (Fsp3) is 0.143. The zero-order valence-corrected chi connectivity index (χ0v) is 17.6. The molecule has 0 unspecified atom stereocenters. The first-order chi connectivity index (χ1) is 14.8. The molecule has 7 nitrogen and oxygen atoms in total. The van der Waals surface area contributed by atoms with Crippen molar-refractivity contribution in [2.45, 2.75) is 16.7 Å². The van der Waals surface area contributed by atoms with E-state index in [9.17, 15) is 22.4 Å². The molecule has 2 aromatic carbocycles. The third-order valence-electron chi connectivity index (χ3n) is 4.40. The molecule has 2 N–H and O–H groups in total. The second-order valence-corrected chi connectivity index (χ2v) is 9.09. The van der Waals surface area contributed by atoms with E-state index in [2.05, 4.69) is 10.6 Å². The summed E-state index contributed by atoms with van der Waals surface area (Å²) < 4.78 is 44.4. The molecule has 0 aliphatic rings. The zero-order chi connectivity index (χ0) is 22.4. The standard InChI is InChI=1S/C21H18ClFN2O5S/c22-15-5-3-14(4-6-15)12-24-20(26)21(27)25-13-19(18-2-1-11-30-18)31(28,29)17-9-7-16(23)8-10-17/h1-11,19H,12-13H2,(H,24,26)(H,25,27)/t19-/m1/s1. The molecular formula is C21H18ClFN2O5S. The van der Waals surface area contributed by atoms with Gasteiger partial charge in [-0.3, -0.25) is 9.59 Å². The van der Waals surface area contributed by atoms with E-state index in [1.165, 1.54) is 18.4 Å². The number of halogens is 2. The lowest BCUT2D eigenvalue weighted by atomic mass is 10.2. The number of carbonyl (C=O) groups excluding carboxylic acids is 2. The lowest BCUT2D eigenvalue weighted by Crippen LogP contribution is -2.42. The Labute approximate surface area is 183 Å². The summed E-state index contributed by atoms with van der Waals surface area (Å²) in [4.78, 5) is 24.1. The molecule has 1 aromatic heterocycles. The molecule has 2 amide bonds. The largest absolute Gasteiger partial charge is 0.468 e. The topological polar surface area (TPSA) is 105 Å². The molecule has 0 aliphatic carbocycles. The Morgan fingerprint density at radius 1 is 0.968 bits per heavy atom. The van der Waals surface area contributed by atoms with E-state index in [1.54, 1.807) is 24.3 Å². The van der Waals surface area contributed by atoms with Crippen molar-refractivity contribution in [3.05, 3.63) is 89.1 Å². The van der Waals surface area contributed by atoms with Crippen molar-refractivity contribution in [1.82, 2.24) is 10.6 Å². The van der Waals surface area contributed by atoms with Crippen LogP contribution in [0.3, 0.4) is 0 Å². The first-order valence-electron chi connectivity index (χ1n) is 9.10. The molecule has 10 heteroatoms. The highest BCUT2D eigenvalue weighted by Crippen LogP contribution is 2.29. The second kappa shape index (κ2) is 9.76. The monoisotopic (exact) mass is 464 g/mol. The maximum Gasteiger partial charge on any atom is 0.309 e. The van der Waals surface area contributed by atoms with Crippen molar-refractivity contribution in [3.63, 3.8) is 0 Å². The highest BCUT2D eigenvalue weighted by atomic mass is 35.5. The predicted octanol–water partition coefficient (Wildman–Crippen LogP) is 3.02. The third-order valence-corrected chi connectivity index (χ3v) is 6.73. The average molecular weight is 465 g/mol. The number of hydrogen-bond donors (Lipinski definition) is 2. The van der Waals surface area contributed by atoms with Gasteiger partial charge in [-0.15, -0.1) is 0 Å². The highest BCUT2D eigenvalue weighted by molar-refractivity contribution is 7.91. The molecule has 3 aromatic rings. The Morgan fingerprint density at radius 3 is 2.23 bits per heavy atom. The van der Waals surface area contributed by atoms with Crippen LogP contribution in [0.25, 0.3) is 0 Å². The molecule has 1 heterocycles. The molecule has 0 fully saturated rings. The molecule has 162 valence electrons. The quantitative estimate of drug-likeness (QED) is 0.413. The Balaban J connectivity index is 1.68. The van der Waals surface area contributed by atoms with Crippen LogP contribution < -0.4 is 10.6 Å². The third kappa shape index (κ3) is 5.71. The number of nitrogens with one attached hydrogen (secondary N) is 2. The second-order valence-electron chi connectivity index (χ2n) is 6.52. The minimum atomic E-state index is -4.04. The van der Waals surface area contributed by atoms with Gasteiger partial charge in [0.25, 0.3) is 0 Å². The van der Waals surface area contributed by atoms with Crippen LogP contribution in [0, 0.1) is 5.82 Å². The van der Waals surface area contributed by atoms with Gasteiger partial charge in [0.1, 0.15) is 16.8 Å². The average Bonchev–Trinajstić information content (AvgIpc) is 3.27. The van der Waals surface area contributed by atoms with Crippen LogP contribution in [0.15, 0.2) is 76.2 Å². The van der Waals surface area contributed by atoms with Gasteiger partial charge < -0.3 is 15.1 Å². The maximum atomic E-state index is 13.2. The molecule has 0 bridgehead atoms. The normalized spacial score (nSPS) is 12.2. The lowest BCUT2D eigenvalue weighted by molar-refractivity contribution is -0.139. The summed E-state index contributed by atoms with van der Waals surface area (Å²) in [6.07, 6.45) is 1.29. The van der Waals surface area contributed by atoms with Gasteiger partial charge in [-0.1, -0.05) is 23.7 Å². The number of furan rings is 1. The Kier molecular flexibility index (Phi) is 7.09. The molecule has 1 atom stereocenters. The Morgan fingerprint density at radius 2 is 1.61 bits per heavy atom. The number of rotatable bonds is 7. The first kappa shape index (κ1) is 22.5. The van der Waals surface area contributed by atoms with Crippen molar-refractivity contribution in [1.29, 1.82) is 0 Å². The molecule has 3 rings (SSSR count). The number of hydrogen-bond acceptors (Lipinski definition) is 5. The van der Waals surface area contributed by atoms with Crippen molar-refractivity contribution in [3.8, 4) is 0 Å². The van der Waals surface area contributed by atoms with Gasteiger partial charge in [-0.05, 0) is 54.1 Å². The van der Waals surface area contributed by atoms with Gasteiger partial charge in [0.05, 0.1) is 11.2 Å². The van der Waals surface area contributed by atoms with E-state index in [0.29, 0.717) is 5.02 Å². The van der Waals surface area contributed by atoms with E-state index in [-0.39, 0.29) is 17.2 Å². The SMILES string of the molecule is O=C(NCc1ccc(Cl)cc1)C(=O)NC[C@H](c1ccco1)S(=O)(=O)c1ccc(F)cc1. The van der Waals surface area contributed by atoms with E-state index < -0.39 is 39.3 Å². The fourth-order valence-corrected chi connectivity index (χ4v) is 4.47. The Bertz CT molecular complexity index is 1150. The predicted molar refractivity (Wildman–Crippen MR) is 111 cm³/mol. The van der Waals surface area contributed by atoms with E-state index in [0.717, 1.165) is 29.8 Å². The van der Waals surface area contributed by atoms with Crippen molar-refractivity contribution >= 4 is 33.3 Å². The van der Waals surface area contributed by atoms with Gasteiger partial charge in [0, 0.05) is 18.1 Å². The molecule has 0 saturated carbocycles. The maximum absolute atomic E-state index is 13.2. The summed E-state index contributed by atoms with van der Waals surface area (Å²) in [5.41, 5.74) is 0.734. The zero-order valence-electron chi connectivity index (χ0n) is 16.0. The van der Waals surface area contributed by atoms with Crippen LogP contribution in [0.4, 0.5) is 4.39 Å². The summed E-state index contributed by atoms with van der Waals surface area (Å²) in [6, 6.07) is 13.9. The van der Waals surface area contributed by atoms with Gasteiger partial charge in [-0.2, -0.15) is 0 Å². The van der Waals surface area contributed by atoms with Crippen LogP contribution in [0.1, 0.15) is 16.6 Å². The van der Waals surface area contributed by atoms with Crippen LogP contribution in [0.2, 0.25) is 5.02 Å². The van der Waals surface area contributed by atoms with Gasteiger partial charge >= 0.3 is 11.8 Å². The number of amides is 2. The summed E-state index contributed by atoms with van der Waals surface area (Å²) >= 11 is 5.80. The van der Waals surface area contributed by atoms with E-state index in [1.807, 2.05) is 0 Å². The van der Waals surface area contributed by atoms with Crippen LogP contribution in [0.5, 0.6) is 0 Å². The fourth-order valence-electron chi connectivity index (χ4n) is 2.76. The Hall–Kier alpha value is -3.17. The highest BCUT2D eigenvalue weighted by Gasteiger charge is 2.32. The minimum absolute atomic E-state index is 0.0752. The van der Waals surface area contributed by atoms with E-state index in [4.69, 9.17) is 16.0 Å². The summed E-state index contributed by atoms with van der Waals surface area (Å²) in [5.74, 6) is -2.43. The molecule has 0 saturated heterocycles. The van der Waals surface area contributed by atoms with Gasteiger partial charge in [0.15, 0.2) is 9.84 Å². The smallest absolute Gasteiger partial charge is 0.309 e.